The van der Waals surface area contributed by atoms with E-state index in [1.54, 1.807) is 18.2 Å². The molecule has 0 unspecified atom stereocenters. The van der Waals surface area contributed by atoms with Crippen LogP contribution in [0, 0.1) is 5.92 Å². The molecule has 1 saturated heterocycles. The maximum atomic E-state index is 13.2. The zero-order chi connectivity index (χ0) is 21.4. The van der Waals surface area contributed by atoms with Gasteiger partial charge in [0.1, 0.15) is 17.4 Å². The molecule has 0 N–H and O–H groups in total. The number of carbonyl (C=O) groups excluding carboxylic acids is 3. The van der Waals surface area contributed by atoms with Gasteiger partial charge in [0.05, 0.1) is 19.9 Å². The molecule has 0 saturated carbocycles. The van der Waals surface area contributed by atoms with Crippen molar-refractivity contribution in [3.05, 3.63) is 48.0 Å². The quantitative estimate of drug-likeness (QED) is 0.421. The zero-order valence-electron chi connectivity index (χ0n) is 16.4. The standard InChI is InChI=1S/C21H18N2O7/c1-11(24)29-13-9-7-12(8-10-13)23-20(25)16-17(22-30-19(16)21(23)26)14-5-4-6-15(27-2)18(14)28-3/h4-10,16,19H,1-3H3/t16-,19+/m0/s1. The number of hydrogen-bond donors (Lipinski definition) is 0. The Morgan fingerprint density at radius 3 is 2.40 bits per heavy atom. The maximum absolute atomic E-state index is 13.2. The fourth-order valence-corrected chi connectivity index (χ4v) is 3.57. The molecule has 2 aromatic rings. The summed E-state index contributed by atoms with van der Waals surface area (Å²) < 4.78 is 15.7. The van der Waals surface area contributed by atoms with Crippen molar-refractivity contribution < 1.29 is 33.4 Å². The van der Waals surface area contributed by atoms with Crippen LogP contribution in [-0.4, -0.2) is 43.8 Å². The first-order chi connectivity index (χ1) is 14.5. The Labute approximate surface area is 171 Å². The van der Waals surface area contributed by atoms with Crippen molar-refractivity contribution >= 4 is 29.2 Å². The molecule has 4 rings (SSSR count). The monoisotopic (exact) mass is 410 g/mol. The van der Waals surface area contributed by atoms with E-state index >= 15 is 0 Å². The van der Waals surface area contributed by atoms with Crippen LogP contribution in [0.1, 0.15) is 12.5 Å². The van der Waals surface area contributed by atoms with Crippen LogP contribution in [0.3, 0.4) is 0 Å². The second kappa shape index (κ2) is 7.51. The van der Waals surface area contributed by atoms with E-state index in [-0.39, 0.29) is 0 Å². The summed E-state index contributed by atoms with van der Waals surface area (Å²) in [6.45, 7) is 1.29. The lowest BCUT2D eigenvalue weighted by Crippen LogP contribution is -2.33. The topological polar surface area (TPSA) is 104 Å². The fraction of sp³-hybridized carbons (Fsp3) is 0.238. The minimum Gasteiger partial charge on any atom is -0.493 e. The molecule has 30 heavy (non-hydrogen) atoms. The van der Waals surface area contributed by atoms with Gasteiger partial charge in [-0.1, -0.05) is 11.2 Å². The molecule has 2 aliphatic heterocycles. The van der Waals surface area contributed by atoms with E-state index in [0.717, 1.165) is 4.90 Å². The minimum atomic E-state index is -1.06. The lowest BCUT2D eigenvalue weighted by molar-refractivity contribution is -0.132. The largest absolute Gasteiger partial charge is 0.493 e. The number of ether oxygens (including phenoxy) is 3. The molecular weight excluding hydrogens is 392 g/mol. The summed E-state index contributed by atoms with van der Waals surface area (Å²) in [4.78, 5) is 43.5. The van der Waals surface area contributed by atoms with Gasteiger partial charge in [0.15, 0.2) is 11.5 Å². The Kier molecular flexibility index (Phi) is 4.86. The van der Waals surface area contributed by atoms with E-state index in [4.69, 9.17) is 19.0 Å². The highest BCUT2D eigenvalue weighted by molar-refractivity contribution is 6.32. The highest BCUT2D eigenvalue weighted by atomic mass is 16.7. The number of carbonyl (C=O) groups is 3. The first-order valence-corrected chi connectivity index (χ1v) is 9.07. The highest BCUT2D eigenvalue weighted by Gasteiger charge is 2.56. The number of esters is 1. The van der Waals surface area contributed by atoms with Crippen molar-refractivity contribution in [1.29, 1.82) is 0 Å². The summed E-state index contributed by atoms with van der Waals surface area (Å²) in [7, 11) is 2.98. The number of anilines is 1. The van der Waals surface area contributed by atoms with Gasteiger partial charge in [0, 0.05) is 12.5 Å². The fourth-order valence-electron chi connectivity index (χ4n) is 3.57. The third-order valence-electron chi connectivity index (χ3n) is 4.85. The molecule has 0 aromatic heterocycles. The van der Waals surface area contributed by atoms with Crippen molar-refractivity contribution in [3.8, 4) is 17.2 Å². The highest BCUT2D eigenvalue weighted by Crippen LogP contribution is 2.39. The van der Waals surface area contributed by atoms with Crippen LogP contribution in [0.5, 0.6) is 17.2 Å². The number of oxime groups is 1. The molecule has 0 radical (unpaired) electrons. The number of amides is 2. The molecule has 9 nitrogen and oxygen atoms in total. The van der Waals surface area contributed by atoms with Crippen molar-refractivity contribution in [2.75, 3.05) is 19.1 Å². The number of nitrogens with zero attached hydrogens (tertiary/aromatic N) is 2. The van der Waals surface area contributed by atoms with Gasteiger partial charge in [0.25, 0.3) is 5.91 Å². The van der Waals surface area contributed by atoms with Crippen LogP contribution in [0.4, 0.5) is 5.69 Å². The average Bonchev–Trinajstić information content (AvgIpc) is 3.28. The second-order valence-electron chi connectivity index (χ2n) is 6.62. The summed E-state index contributed by atoms with van der Waals surface area (Å²) >= 11 is 0. The molecule has 0 bridgehead atoms. The van der Waals surface area contributed by atoms with Crippen LogP contribution in [0.25, 0.3) is 0 Å². The smallest absolute Gasteiger partial charge is 0.308 e. The predicted octanol–water partition coefficient (Wildman–Crippen LogP) is 1.92. The third-order valence-corrected chi connectivity index (χ3v) is 4.85. The molecule has 0 aliphatic carbocycles. The van der Waals surface area contributed by atoms with E-state index in [1.807, 2.05) is 0 Å². The van der Waals surface area contributed by atoms with E-state index in [0.29, 0.717) is 34.2 Å². The van der Waals surface area contributed by atoms with Crippen molar-refractivity contribution in [3.63, 3.8) is 0 Å². The Balaban J connectivity index is 1.66. The van der Waals surface area contributed by atoms with Crippen LogP contribution in [0.2, 0.25) is 0 Å². The van der Waals surface area contributed by atoms with E-state index in [2.05, 4.69) is 5.16 Å². The van der Waals surface area contributed by atoms with Gasteiger partial charge in [-0.05, 0) is 36.4 Å². The van der Waals surface area contributed by atoms with Crippen LogP contribution in [-0.2, 0) is 19.2 Å². The van der Waals surface area contributed by atoms with Crippen molar-refractivity contribution in [1.82, 2.24) is 0 Å². The average molecular weight is 410 g/mol. The molecule has 2 aliphatic rings. The summed E-state index contributed by atoms with van der Waals surface area (Å²) in [6.07, 6.45) is -1.06. The Bertz CT molecular complexity index is 1060. The number of fused-ring (bicyclic) bond motifs is 1. The van der Waals surface area contributed by atoms with Crippen LogP contribution in [0.15, 0.2) is 47.6 Å². The molecule has 154 valence electrons. The number of hydrogen-bond acceptors (Lipinski definition) is 8. The second-order valence-corrected chi connectivity index (χ2v) is 6.62. The normalized spacial score (nSPS) is 19.8. The summed E-state index contributed by atoms with van der Waals surface area (Å²) in [6, 6.07) is 11.2. The van der Waals surface area contributed by atoms with Gasteiger partial charge >= 0.3 is 5.97 Å². The summed E-state index contributed by atoms with van der Waals surface area (Å²) in [5.74, 6) is -1.19. The lowest BCUT2D eigenvalue weighted by atomic mass is 9.93. The molecule has 0 spiro atoms. The summed E-state index contributed by atoms with van der Waals surface area (Å²) in [5, 5.41) is 4.01. The van der Waals surface area contributed by atoms with Crippen molar-refractivity contribution in [2.24, 2.45) is 11.1 Å². The first-order valence-electron chi connectivity index (χ1n) is 9.07. The van der Waals surface area contributed by atoms with Crippen molar-refractivity contribution in [2.45, 2.75) is 13.0 Å². The Morgan fingerprint density at radius 2 is 1.77 bits per heavy atom. The molecule has 2 amide bonds. The summed E-state index contributed by atoms with van der Waals surface area (Å²) in [5.41, 5.74) is 1.15. The van der Waals surface area contributed by atoms with Gasteiger partial charge in [-0.2, -0.15) is 0 Å². The molecule has 1 fully saturated rings. The minimum absolute atomic E-state index is 0.299. The van der Waals surface area contributed by atoms with Crippen LogP contribution >= 0.6 is 0 Å². The first kappa shape index (κ1) is 19.4. The van der Waals surface area contributed by atoms with Gasteiger partial charge in [-0.25, -0.2) is 4.90 Å². The number of methoxy groups -OCH3 is 2. The number of imide groups is 1. The SMILES string of the molecule is COc1cccc(C2=NO[C@H]3C(=O)N(c4ccc(OC(C)=O)cc4)C(=O)[C@@H]23)c1OC. The Hall–Kier alpha value is -3.88. The van der Waals surface area contributed by atoms with Gasteiger partial charge in [-0.3, -0.25) is 14.4 Å². The number of para-hydroxylation sites is 1. The predicted molar refractivity (Wildman–Crippen MR) is 105 cm³/mol. The molecule has 9 heteroatoms. The van der Waals surface area contributed by atoms with Gasteiger partial charge in [-0.15, -0.1) is 0 Å². The molecule has 2 atom stereocenters. The zero-order valence-corrected chi connectivity index (χ0v) is 16.4. The van der Waals surface area contributed by atoms with Crippen LogP contribution < -0.4 is 19.1 Å². The van der Waals surface area contributed by atoms with E-state index < -0.39 is 29.8 Å². The number of benzene rings is 2. The Morgan fingerprint density at radius 1 is 1.03 bits per heavy atom. The lowest BCUT2D eigenvalue weighted by Gasteiger charge is -2.17. The molecular formula is C21H18N2O7. The molecule has 2 aromatic carbocycles. The maximum Gasteiger partial charge on any atom is 0.308 e. The third kappa shape index (κ3) is 3.04. The molecule has 2 heterocycles. The van der Waals surface area contributed by atoms with E-state index in [1.165, 1.54) is 45.4 Å². The van der Waals surface area contributed by atoms with Gasteiger partial charge in [0.2, 0.25) is 12.0 Å². The van der Waals surface area contributed by atoms with E-state index in [9.17, 15) is 14.4 Å². The van der Waals surface area contributed by atoms with Gasteiger partial charge < -0.3 is 19.0 Å². The number of rotatable bonds is 5.